The fourth-order valence-electron chi connectivity index (χ4n) is 3.05. The first-order chi connectivity index (χ1) is 13.1. The molecular weight excluding hydrogens is 368 g/mol. The minimum Gasteiger partial charge on any atom is -0.497 e. The molecule has 0 aliphatic heterocycles. The van der Waals surface area contributed by atoms with Gasteiger partial charge in [-0.15, -0.1) is 18.2 Å². The molecule has 0 fully saturated rings. The Balaban J connectivity index is 0.000000416. The van der Waals surface area contributed by atoms with Crippen LogP contribution in [0.3, 0.4) is 0 Å². The van der Waals surface area contributed by atoms with Gasteiger partial charge in [0, 0.05) is 6.04 Å². The zero-order chi connectivity index (χ0) is 21.3. The summed E-state index contributed by atoms with van der Waals surface area (Å²) in [5.74, 6) is 0.916. The number of aryl methyl sites for hydroxylation is 1. The fraction of sp³-hybridized carbons (Fsp3) is 0.417. The highest BCUT2D eigenvalue weighted by Gasteiger charge is 2.12. The van der Waals surface area contributed by atoms with Crippen molar-refractivity contribution >= 4 is 11.6 Å². The van der Waals surface area contributed by atoms with Gasteiger partial charge in [-0.05, 0) is 74.4 Å². The summed E-state index contributed by atoms with van der Waals surface area (Å²) in [6, 6.07) is 15.2. The molecule has 0 amide bonds. The molecule has 2 atom stereocenters. The predicted molar refractivity (Wildman–Crippen MR) is 123 cm³/mol. The van der Waals surface area contributed by atoms with Crippen LogP contribution >= 0.6 is 11.6 Å². The van der Waals surface area contributed by atoms with E-state index in [9.17, 15) is 0 Å². The maximum atomic E-state index is 5.84. The second kappa shape index (κ2) is 11.3. The van der Waals surface area contributed by atoms with Gasteiger partial charge in [0.2, 0.25) is 0 Å². The largest absolute Gasteiger partial charge is 0.497 e. The van der Waals surface area contributed by atoms with Crippen molar-refractivity contribution in [1.29, 1.82) is 0 Å². The lowest BCUT2D eigenvalue weighted by molar-refractivity contribution is 0.414. The highest BCUT2D eigenvalue weighted by molar-refractivity contribution is 6.23. The molecule has 28 heavy (non-hydrogen) atoms. The lowest BCUT2D eigenvalue weighted by atomic mass is 9.96. The number of benzene rings is 2. The Labute approximate surface area is 175 Å². The molecule has 0 radical (unpaired) electrons. The Kier molecular flexibility index (Phi) is 9.74. The Morgan fingerprint density at radius 3 is 2.21 bits per heavy atom. The molecule has 0 aromatic heterocycles. The first-order valence-electron chi connectivity index (χ1n) is 9.69. The van der Waals surface area contributed by atoms with Crippen molar-refractivity contribution in [3.63, 3.8) is 0 Å². The van der Waals surface area contributed by atoms with E-state index in [1.165, 1.54) is 22.3 Å². The topological polar surface area (TPSA) is 61.3 Å². The predicted octanol–water partition coefficient (Wildman–Crippen LogP) is 5.68. The van der Waals surface area contributed by atoms with Gasteiger partial charge in [-0.3, -0.25) is 0 Å². The van der Waals surface area contributed by atoms with E-state index < -0.39 is 5.00 Å². The van der Waals surface area contributed by atoms with E-state index in [1.54, 1.807) is 14.0 Å². The maximum absolute atomic E-state index is 5.84. The zero-order valence-corrected chi connectivity index (χ0v) is 18.6. The SMILES string of the molecule is C=C(C)CC(C)(N)Cl.CCc1cc(OC)ccc1-c1ccc(CC(C)N)cc1. The Bertz CT molecular complexity index is 746. The van der Waals surface area contributed by atoms with Crippen molar-refractivity contribution in [2.75, 3.05) is 7.11 Å². The number of ether oxygens (including phenoxy) is 1. The summed E-state index contributed by atoms with van der Waals surface area (Å²) in [4.78, 5) is -0.605. The van der Waals surface area contributed by atoms with E-state index in [0.29, 0.717) is 6.42 Å². The molecule has 4 N–H and O–H groups in total. The van der Waals surface area contributed by atoms with Crippen LogP contribution in [0, 0.1) is 0 Å². The second-order valence-corrected chi connectivity index (χ2v) is 8.53. The molecule has 0 aliphatic rings. The highest BCUT2D eigenvalue weighted by Crippen LogP contribution is 2.28. The lowest BCUT2D eigenvalue weighted by Gasteiger charge is -2.14. The van der Waals surface area contributed by atoms with E-state index in [-0.39, 0.29) is 6.04 Å². The number of nitrogens with two attached hydrogens (primary N) is 2. The van der Waals surface area contributed by atoms with Gasteiger partial charge in [0.25, 0.3) is 0 Å². The lowest BCUT2D eigenvalue weighted by Crippen LogP contribution is -2.28. The normalized spacial score (nSPS) is 13.7. The minimum atomic E-state index is -0.605. The molecule has 0 heterocycles. The van der Waals surface area contributed by atoms with E-state index in [0.717, 1.165) is 24.2 Å². The van der Waals surface area contributed by atoms with Gasteiger partial charge in [0.15, 0.2) is 0 Å². The summed E-state index contributed by atoms with van der Waals surface area (Å²) in [6.07, 6.45) is 2.59. The number of hydrogen-bond acceptors (Lipinski definition) is 3. The first-order valence-corrected chi connectivity index (χ1v) is 10.1. The smallest absolute Gasteiger partial charge is 0.119 e. The van der Waals surface area contributed by atoms with E-state index in [1.807, 2.05) is 19.9 Å². The third-order valence-electron chi connectivity index (χ3n) is 4.16. The molecule has 0 aliphatic carbocycles. The monoisotopic (exact) mass is 402 g/mol. The van der Waals surface area contributed by atoms with E-state index in [4.69, 9.17) is 27.8 Å². The number of alkyl halides is 1. The van der Waals surface area contributed by atoms with Crippen molar-refractivity contribution in [3.8, 4) is 16.9 Å². The van der Waals surface area contributed by atoms with E-state index in [2.05, 4.69) is 49.9 Å². The summed E-state index contributed by atoms with van der Waals surface area (Å²) in [7, 11) is 1.71. The second-order valence-electron chi connectivity index (χ2n) is 7.67. The first kappa shape index (κ1) is 24.2. The molecule has 2 aromatic rings. The highest BCUT2D eigenvalue weighted by atomic mass is 35.5. The third-order valence-corrected chi connectivity index (χ3v) is 4.30. The van der Waals surface area contributed by atoms with Crippen molar-refractivity contribution in [1.82, 2.24) is 0 Å². The molecule has 2 aromatic carbocycles. The van der Waals surface area contributed by atoms with Crippen molar-refractivity contribution in [3.05, 3.63) is 65.7 Å². The van der Waals surface area contributed by atoms with Crippen LogP contribution in [-0.4, -0.2) is 18.1 Å². The number of halogens is 1. The van der Waals surface area contributed by atoms with Crippen LogP contribution in [0.2, 0.25) is 0 Å². The summed E-state index contributed by atoms with van der Waals surface area (Å²) in [5, 5.41) is 0. The molecular formula is C24H35ClN2O. The molecule has 0 saturated heterocycles. The molecule has 154 valence electrons. The van der Waals surface area contributed by atoms with Crippen molar-refractivity contribution in [2.24, 2.45) is 11.5 Å². The summed E-state index contributed by atoms with van der Waals surface area (Å²) in [5.41, 5.74) is 17.4. The third kappa shape index (κ3) is 8.92. The van der Waals surface area contributed by atoms with Crippen LogP contribution in [0.5, 0.6) is 5.75 Å². The molecule has 2 unspecified atom stereocenters. The van der Waals surface area contributed by atoms with Crippen LogP contribution in [0.15, 0.2) is 54.6 Å². The van der Waals surface area contributed by atoms with Crippen LogP contribution in [0.4, 0.5) is 0 Å². The molecule has 3 nitrogen and oxygen atoms in total. The average Bonchev–Trinajstić information content (AvgIpc) is 2.60. The van der Waals surface area contributed by atoms with Crippen LogP contribution in [0.1, 0.15) is 45.2 Å². The fourth-order valence-corrected chi connectivity index (χ4v) is 3.28. The van der Waals surface area contributed by atoms with Gasteiger partial charge in [-0.2, -0.15) is 0 Å². The maximum Gasteiger partial charge on any atom is 0.119 e. The van der Waals surface area contributed by atoms with Crippen LogP contribution < -0.4 is 16.2 Å². The standard InChI is InChI=1S/C18H23NO.C6H12ClN/c1-4-15-12-17(20-3)9-10-18(15)16-7-5-14(6-8-16)11-13(2)19;1-5(2)4-6(3,7)8/h5-10,12-13H,4,11,19H2,1-3H3;1,4,8H2,2-3H3. The minimum absolute atomic E-state index is 0.202. The average molecular weight is 403 g/mol. The van der Waals surface area contributed by atoms with Crippen molar-refractivity contribution in [2.45, 2.75) is 58.0 Å². The van der Waals surface area contributed by atoms with Gasteiger partial charge < -0.3 is 16.2 Å². The molecule has 0 bridgehead atoms. The van der Waals surface area contributed by atoms with Gasteiger partial charge >= 0.3 is 0 Å². The summed E-state index contributed by atoms with van der Waals surface area (Å²) >= 11 is 5.65. The zero-order valence-electron chi connectivity index (χ0n) is 17.9. The summed E-state index contributed by atoms with van der Waals surface area (Å²) in [6.45, 7) is 11.6. The van der Waals surface area contributed by atoms with Gasteiger partial charge in [-0.25, -0.2) is 0 Å². The Morgan fingerprint density at radius 2 is 1.82 bits per heavy atom. The molecule has 2 rings (SSSR count). The summed E-state index contributed by atoms with van der Waals surface area (Å²) < 4.78 is 5.30. The Morgan fingerprint density at radius 1 is 1.21 bits per heavy atom. The van der Waals surface area contributed by atoms with Gasteiger partial charge in [-0.1, -0.05) is 42.8 Å². The van der Waals surface area contributed by atoms with Crippen LogP contribution in [-0.2, 0) is 12.8 Å². The number of rotatable bonds is 7. The van der Waals surface area contributed by atoms with E-state index >= 15 is 0 Å². The number of methoxy groups -OCH3 is 1. The Hall–Kier alpha value is -1.81. The molecule has 0 saturated carbocycles. The number of hydrogen-bond donors (Lipinski definition) is 2. The van der Waals surface area contributed by atoms with Gasteiger partial charge in [0.05, 0.1) is 12.1 Å². The quantitative estimate of drug-likeness (QED) is 0.355. The molecule has 0 spiro atoms. The van der Waals surface area contributed by atoms with Gasteiger partial charge in [0.1, 0.15) is 5.75 Å². The van der Waals surface area contributed by atoms with Crippen LogP contribution in [0.25, 0.3) is 11.1 Å². The van der Waals surface area contributed by atoms with Crippen molar-refractivity contribution < 1.29 is 4.74 Å². The molecule has 4 heteroatoms.